The summed E-state index contributed by atoms with van der Waals surface area (Å²) in [5.41, 5.74) is 0.188. The fourth-order valence-electron chi connectivity index (χ4n) is 8.09. The molecule has 192 valence electrons. The summed E-state index contributed by atoms with van der Waals surface area (Å²) in [4.78, 5) is 55.9. The number of hydrogen-bond acceptors (Lipinski definition) is 6. The van der Waals surface area contributed by atoms with Gasteiger partial charge in [0.1, 0.15) is 0 Å². The van der Waals surface area contributed by atoms with Crippen LogP contribution in [0, 0.1) is 26.4 Å². The molecular formula is C28H30N4O5. The van der Waals surface area contributed by atoms with Gasteiger partial charge >= 0.3 is 6.03 Å². The van der Waals surface area contributed by atoms with Gasteiger partial charge in [-0.15, -0.1) is 0 Å². The van der Waals surface area contributed by atoms with Crippen molar-refractivity contribution in [2.45, 2.75) is 65.1 Å². The number of rotatable bonds is 3. The number of barbiturate groups is 1. The minimum absolute atomic E-state index is 0.00905. The number of nitro groups is 1. The van der Waals surface area contributed by atoms with Gasteiger partial charge < -0.3 is 4.90 Å². The van der Waals surface area contributed by atoms with E-state index in [0.717, 1.165) is 35.4 Å². The van der Waals surface area contributed by atoms with Gasteiger partial charge in [-0.25, -0.2) is 4.79 Å². The molecule has 2 bridgehead atoms. The van der Waals surface area contributed by atoms with Crippen molar-refractivity contribution < 1.29 is 19.3 Å². The van der Waals surface area contributed by atoms with Crippen molar-refractivity contribution in [3.63, 3.8) is 0 Å². The van der Waals surface area contributed by atoms with Gasteiger partial charge in [0.2, 0.25) is 11.8 Å². The topological polar surface area (TPSA) is 113 Å². The molecule has 0 radical (unpaired) electrons. The normalized spacial score (nSPS) is 31.7. The molecule has 3 aliphatic heterocycles. The van der Waals surface area contributed by atoms with Crippen molar-refractivity contribution in [2.75, 3.05) is 4.90 Å². The van der Waals surface area contributed by atoms with Crippen LogP contribution < -0.4 is 10.2 Å². The summed E-state index contributed by atoms with van der Waals surface area (Å²) in [7, 11) is 0. The predicted octanol–water partition coefficient (Wildman–Crippen LogP) is 4.19. The maximum absolute atomic E-state index is 14.5. The van der Waals surface area contributed by atoms with Gasteiger partial charge in [0.15, 0.2) is 5.41 Å². The summed E-state index contributed by atoms with van der Waals surface area (Å²) in [6.07, 6.45) is 2.53. The van der Waals surface area contributed by atoms with Crippen molar-refractivity contribution in [3.8, 4) is 0 Å². The zero-order valence-corrected chi connectivity index (χ0v) is 21.2. The number of benzene rings is 2. The van der Waals surface area contributed by atoms with Crippen LogP contribution in [0.15, 0.2) is 48.5 Å². The summed E-state index contributed by atoms with van der Waals surface area (Å²) in [5.74, 6) is -1.13. The third kappa shape index (κ3) is 3.32. The van der Waals surface area contributed by atoms with Crippen LogP contribution in [-0.4, -0.2) is 39.8 Å². The second kappa shape index (κ2) is 7.63. The maximum Gasteiger partial charge on any atom is 0.331 e. The third-order valence-corrected chi connectivity index (χ3v) is 8.87. The van der Waals surface area contributed by atoms with E-state index in [0.29, 0.717) is 5.56 Å². The second-order valence-corrected chi connectivity index (χ2v) is 12.2. The first-order valence-corrected chi connectivity index (χ1v) is 12.7. The quantitative estimate of drug-likeness (QED) is 0.383. The molecule has 4 atom stereocenters. The van der Waals surface area contributed by atoms with Gasteiger partial charge in [-0.05, 0) is 47.3 Å². The summed E-state index contributed by atoms with van der Waals surface area (Å²) in [6, 6.07) is 12.8. The van der Waals surface area contributed by atoms with Crippen LogP contribution in [0.2, 0.25) is 0 Å². The Morgan fingerprint density at radius 1 is 1.05 bits per heavy atom. The monoisotopic (exact) mass is 502 g/mol. The van der Waals surface area contributed by atoms with Crippen LogP contribution in [0.4, 0.5) is 16.2 Å². The number of amides is 4. The van der Waals surface area contributed by atoms with Crippen molar-refractivity contribution in [1.82, 2.24) is 10.2 Å². The molecule has 9 nitrogen and oxygen atoms in total. The number of urea groups is 1. The van der Waals surface area contributed by atoms with Crippen LogP contribution in [0.25, 0.3) is 0 Å². The van der Waals surface area contributed by atoms with E-state index in [2.05, 4.69) is 31.0 Å². The highest BCUT2D eigenvalue weighted by Crippen LogP contribution is 2.64. The molecule has 1 aliphatic carbocycles. The number of carbonyl (C=O) groups excluding carboxylic acids is 3. The predicted molar refractivity (Wildman–Crippen MR) is 136 cm³/mol. The van der Waals surface area contributed by atoms with E-state index in [4.69, 9.17) is 0 Å². The number of fused-ring (bicyclic) bond motifs is 8. The van der Waals surface area contributed by atoms with E-state index in [-0.39, 0.29) is 35.5 Å². The molecule has 4 amide bonds. The Kier molecular flexibility index (Phi) is 4.87. The zero-order chi connectivity index (χ0) is 26.3. The highest BCUT2D eigenvalue weighted by molar-refractivity contribution is 6.20. The van der Waals surface area contributed by atoms with E-state index in [9.17, 15) is 24.5 Å². The van der Waals surface area contributed by atoms with E-state index >= 15 is 0 Å². The van der Waals surface area contributed by atoms with E-state index in [1.165, 1.54) is 12.1 Å². The average Bonchev–Trinajstić information content (AvgIpc) is 3.06. The smallest absolute Gasteiger partial charge is 0.331 e. The van der Waals surface area contributed by atoms with Crippen LogP contribution in [0.1, 0.15) is 51.2 Å². The first-order valence-electron chi connectivity index (χ1n) is 12.7. The molecule has 3 heterocycles. The third-order valence-electron chi connectivity index (χ3n) is 8.87. The Morgan fingerprint density at radius 2 is 1.78 bits per heavy atom. The zero-order valence-electron chi connectivity index (χ0n) is 21.2. The van der Waals surface area contributed by atoms with E-state index in [1.54, 1.807) is 6.07 Å². The largest absolute Gasteiger partial charge is 0.363 e. The molecule has 4 aliphatic rings. The number of carbonyl (C=O) groups is 3. The van der Waals surface area contributed by atoms with Crippen LogP contribution in [-0.2, 0) is 22.6 Å². The van der Waals surface area contributed by atoms with Crippen molar-refractivity contribution >= 4 is 29.2 Å². The fourth-order valence-corrected chi connectivity index (χ4v) is 8.09. The van der Waals surface area contributed by atoms with E-state index < -0.39 is 34.2 Å². The van der Waals surface area contributed by atoms with Gasteiger partial charge in [0, 0.05) is 30.3 Å². The Bertz CT molecular complexity index is 1360. The molecule has 0 aromatic heterocycles. The number of hydrogen-bond donors (Lipinski definition) is 1. The minimum Gasteiger partial charge on any atom is -0.363 e. The second-order valence-electron chi connectivity index (χ2n) is 12.2. The highest BCUT2D eigenvalue weighted by atomic mass is 16.6. The fraction of sp³-hybridized carbons (Fsp3) is 0.464. The Morgan fingerprint density at radius 3 is 2.49 bits per heavy atom. The minimum atomic E-state index is -1.57. The van der Waals surface area contributed by atoms with Crippen LogP contribution in [0.3, 0.4) is 0 Å². The summed E-state index contributed by atoms with van der Waals surface area (Å²) < 4.78 is 0. The number of imide groups is 2. The molecule has 9 heteroatoms. The molecule has 2 aromatic carbocycles. The molecule has 0 unspecified atom stereocenters. The Labute approximate surface area is 215 Å². The molecule has 2 saturated heterocycles. The van der Waals surface area contributed by atoms with Gasteiger partial charge in [0.25, 0.3) is 5.69 Å². The van der Waals surface area contributed by atoms with Crippen molar-refractivity contribution in [1.29, 1.82) is 0 Å². The van der Waals surface area contributed by atoms with Crippen LogP contribution in [0.5, 0.6) is 0 Å². The van der Waals surface area contributed by atoms with Gasteiger partial charge in [-0.1, -0.05) is 51.1 Å². The molecule has 3 fully saturated rings. The first-order chi connectivity index (χ1) is 17.4. The van der Waals surface area contributed by atoms with Crippen molar-refractivity contribution in [2.24, 2.45) is 16.2 Å². The van der Waals surface area contributed by atoms with E-state index in [1.807, 2.05) is 30.3 Å². The SMILES string of the molecule is CC1(C)C[C@H]2C[C@@](C)(C1)[C@H]1N2c2ccc([N+](=O)[O-])cc2C[C@@]12C(=O)NC(=O)N(Cc1ccccc1)C2=O. The standard InChI is InChI=1S/C28H30N4O5/c1-26(2)13-20-14-27(3,16-26)22-28(12-18-11-19(32(36)37)9-10-21(18)31(20)22)23(33)29-25(35)30(24(28)34)15-17-7-5-4-6-8-17/h4-11,20,22H,12-16H2,1-3H3,(H,29,33,35)/t20-,22+,27-,28-/m0/s1. The van der Waals surface area contributed by atoms with Gasteiger partial charge in [-0.2, -0.15) is 0 Å². The average molecular weight is 503 g/mol. The Balaban J connectivity index is 1.54. The van der Waals surface area contributed by atoms with Gasteiger partial charge in [0.05, 0.1) is 17.5 Å². The lowest BCUT2D eigenvalue weighted by Gasteiger charge is -2.53. The maximum atomic E-state index is 14.5. The summed E-state index contributed by atoms with van der Waals surface area (Å²) >= 11 is 0. The number of nitrogens with zero attached hydrogens (tertiary/aromatic N) is 3. The molecule has 1 N–H and O–H groups in total. The summed E-state index contributed by atoms with van der Waals surface area (Å²) in [5, 5.41) is 14.1. The first kappa shape index (κ1) is 23.6. The number of nitro benzene ring substituents is 1. The molecule has 2 aromatic rings. The van der Waals surface area contributed by atoms with Gasteiger partial charge in [-0.3, -0.25) is 29.9 Å². The summed E-state index contributed by atoms with van der Waals surface area (Å²) in [6.45, 7) is 6.63. The number of nitrogens with one attached hydrogen (secondary N) is 1. The molecule has 1 saturated carbocycles. The molecule has 6 rings (SSSR count). The lowest BCUT2D eigenvalue weighted by Crippen LogP contribution is -2.73. The van der Waals surface area contributed by atoms with Crippen molar-refractivity contribution in [3.05, 3.63) is 69.8 Å². The molecule has 37 heavy (non-hydrogen) atoms. The Hall–Kier alpha value is -3.75. The number of anilines is 1. The molecular weight excluding hydrogens is 472 g/mol. The lowest BCUT2D eigenvalue weighted by atomic mass is 9.56. The molecule has 1 spiro atoms. The van der Waals surface area contributed by atoms with Crippen LogP contribution >= 0.6 is 0 Å². The highest BCUT2D eigenvalue weighted by Gasteiger charge is 2.71. The lowest BCUT2D eigenvalue weighted by molar-refractivity contribution is -0.384. The number of non-ortho nitro benzene ring substituents is 1.